The van der Waals surface area contributed by atoms with E-state index in [0.717, 1.165) is 48.9 Å². The summed E-state index contributed by atoms with van der Waals surface area (Å²) in [4.78, 5) is 13.8. The van der Waals surface area contributed by atoms with Crippen LogP contribution in [-0.2, 0) is 9.47 Å². The summed E-state index contributed by atoms with van der Waals surface area (Å²) >= 11 is 6.19. The normalized spacial score (nSPS) is 19.4. The van der Waals surface area contributed by atoms with E-state index in [4.69, 9.17) is 31.8 Å². The van der Waals surface area contributed by atoms with Crippen molar-refractivity contribution >= 4 is 34.7 Å². The van der Waals surface area contributed by atoms with Crippen LogP contribution >= 0.6 is 11.6 Å². The third-order valence-electron chi connectivity index (χ3n) is 6.36. The van der Waals surface area contributed by atoms with Crippen LogP contribution in [0.2, 0.25) is 5.02 Å². The van der Waals surface area contributed by atoms with Gasteiger partial charge in [0.05, 0.1) is 24.2 Å². The molecule has 0 amide bonds. The summed E-state index contributed by atoms with van der Waals surface area (Å²) in [6.07, 6.45) is 1.90. The molecule has 36 heavy (non-hydrogen) atoms. The lowest BCUT2D eigenvalue weighted by atomic mass is 10.2. The maximum absolute atomic E-state index is 6.19. The number of morpholine rings is 1. The van der Waals surface area contributed by atoms with Gasteiger partial charge in [-0.1, -0.05) is 29.8 Å². The van der Waals surface area contributed by atoms with Crippen LogP contribution in [0.15, 0.2) is 77.9 Å². The average Bonchev–Trinajstić information content (AvgIpc) is 3.35. The van der Waals surface area contributed by atoms with Gasteiger partial charge in [0.15, 0.2) is 0 Å². The number of hydrogen-bond donors (Lipinski definition) is 2. The molecule has 2 aliphatic heterocycles. The Morgan fingerprint density at radius 3 is 2.44 bits per heavy atom. The maximum Gasteiger partial charge on any atom is 0.282 e. The van der Waals surface area contributed by atoms with Gasteiger partial charge in [-0.3, -0.25) is 4.98 Å². The quantitative estimate of drug-likeness (QED) is 0.457. The van der Waals surface area contributed by atoms with E-state index in [9.17, 15) is 0 Å². The molecule has 5 rings (SSSR count). The Kier molecular flexibility index (Phi) is 7.85. The van der Waals surface area contributed by atoms with Crippen LogP contribution in [0.5, 0.6) is 0 Å². The van der Waals surface area contributed by atoms with E-state index in [1.807, 2.05) is 48.7 Å². The smallest absolute Gasteiger partial charge is 0.282 e. The fourth-order valence-corrected chi connectivity index (χ4v) is 4.63. The highest BCUT2D eigenvalue weighted by Crippen LogP contribution is 2.28. The first-order valence-electron chi connectivity index (χ1n) is 12.2. The number of nitrogens with zero attached hydrogens (tertiary/aromatic N) is 4. The second kappa shape index (κ2) is 11.6. The van der Waals surface area contributed by atoms with Gasteiger partial charge in [-0.2, -0.15) is 0 Å². The molecule has 2 atom stereocenters. The Labute approximate surface area is 216 Å². The van der Waals surface area contributed by atoms with Gasteiger partial charge in [-0.25, -0.2) is 4.99 Å². The minimum absolute atomic E-state index is 0.000703. The topological polar surface area (TPSA) is 88.2 Å². The molecule has 3 heterocycles. The van der Waals surface area contributed by atoms with Crippen LogP contribution in [0, 0.1) is 0 Å². The molecular weight excluding hydrogens is 476 g/mol. The largest absolute Gasteiger partial charge is 0.463 e. The van der Waals surface area contributed by atoms with Crippen LogP contribution in [0.4, 0.5) is 17.1 Å². The van der Waals surface area contributed by atoms with Gasteiger partial charge in [-0.05, 0) is 48.5 Å². The van der Waals surface area contributed by atoms with Crippen molar-refractivity contribution in [3.63, 3.8) is 0 Å². The number of halogens is 1. The Morgan fingerprint density at radius 1 is 0.972 bits per heavy atom. The average molecular weight is 507 g/mol. The number of rotatable bonds is 9. The number of amidine groups is 1. The predicted octanol–water partition coefficient (Wildman–Crippen LogP) is 3.75. The number of aliphatic imine (C=N–C) groups is 1. The number of nitrogens with two attached hydrogens (primary N) is 1. The third-order valence-corrected chi connectivity index (χ3v) is 6.61. The number of anilines is 3. The van der Waals surface area contributed by atoms with Crippen molar-refractivity contribution in [2.45, 2.75) is 12.1 Å². The van der Waals surface area contributed by atoms with Gasteiger partial charge in [0.1, 0.15) is 18.8 Å². The highest BCUT2D eigenvalue weighted by molar-refractivity contribution is 6.30. The molecule has 0 saturated carbocycles. The molecule has 0 aliphatic carbocycles. The molecule has 3 aromatic rings. The maximum atomic E-state index is 6.19. The molecule has 2 aliphatic rings. The van der Waals surface area contributed by atoms with E-state index in [2.05, 4.69) is 44.4 Å². The molecule has 188 valence electrons. The molecule has 1 fully saturated rings. The molecule has 2 aromatic carbocycles. The summed E-state index contributed by atoms with van der Waals surface area (Å²) < 4.78 is 11.3. The highest BCUT2D eigenvalue weighted by Gasteiger charge is 2.22. The van der Waals surface area contributed by atoms with E-state index in [1.165, 1.54) is 0 Å². The highest BCUT2D eigenvalue weighted by atomic mass is 35.5. The van der Waals surface area contributed by atoms with Gasteiger partial charge in [-0.15, -0.1) is 0 Å². The Morgan fingerprint density at radius 2 is 1.78 bits per heavy atom. The number of para-hydroxylation sites is 1. The number of benzene rings is 2. The van der Waals surface area contributed by atoms with Gasteiger partial charge in [0.2, 0.25) is 0 Å². The summed E-state index contributed by atoms with van der Waals surface area (Å²) in [6, 6.07) is 22.7. The Balaban J connectivity index is 1.37. The number of pyridine rings is 1. The SMILES string of the molecule is NC1=NC(CN(CCN(c2ccc(Cl)cc2)c2ccc(C3CNCCO3)nc2)c2ccccc2)CO1. The first-order chi connectivity index (χ1) is 17.7. The Bertz CT molecular complexity index is 1140. The number of aromatic nitrogens is 1. The monoisotopic (exact) mass is 506 g/mol. The van der Waals surface area contributed by atoms with Crippen molar-refractivity contribution < 1.29 is 9.47 Å². The lowest BCUT2D eigenvalue weighted by Crippen LogP contribution is -2.38. The number of ether oxygens (including phenoxy) is 2. The first-order valence-corrected chi connectivity index (χ1v) is 12.6. The zero-order valence-corrected chi connectivity index (χ0v) is 20.8. The minimum atomic E-state index is -0.0213. The van der Waals surface area contributed by atoms with Crippen molar-refractivity contribution in [2.75, 3.05) is 55.7 Å². The van der Waals surface area contributed by atoms with Crippen LogP contribution in [0.3, 0.4) is 0 Å². The summed E-state index contributed by atoms with van der Waals surface area (Å²) in [5.74, 6) is 0. The van der Waals surface area contributed by atoms with Crippen LogP contribution in [-0.4, -0.2) is 63.0 Å². The van der Waals surface area contributed by atoms with E-state index in [-0.39, 0.29) is 18.2 Å². The molecule has 9 heteroatoms. The number of hydrogen-bond acceptors (Lipinski definition) is 8. The molecule has 3 N–H and O–H groups in total. The summed E-state index contributed by atoms with van der Waals surface area (Å²) in [6.45, 7) is 5.05. The van der Waals surface area contributed by atoms with E-state index in [1.54, 1.807) is 0 Å². The molecule has 1 aromatic heterocycles. The molecular formula is C27H31ClN6O2. The van der Waals surface area contributed by atoms with Crippen molar-refractivity contribution in [3.05, 3.63) is 83.6 Å². The van der Waals surface area contributed by atoms with E-state index >= 15 is 0 Å². The molecule has 0 spiro atoms. The molecule has 0 bridgehead atoms. The standard InChI is InChI=1S/C27H31ClN6O2/c28-20-6-8-23(9-7-20)34(24-10-11-25(31-16-24)26-17-30-12-15-35-26)14-13-33(22-4-2-1-3-5-22)18-21-19-36-27(29)32-21/h1-11,16,21,26,30H,12-15,17-19H2,(H2,29,32). The van der Waals surface area contributed by atoms with Crippen molar-refractivity contribution in [1.29, 1.82) is 0 Å². The van der Waals surface area contributed by atoms with Crippen molar-refractivity contribution in [2.24, 2.45) is 10.7 Å². The number of nitrogens with one attached hydrogen (secondary N) is 1. The fraction of sp³-hybridized carbons (Fsp3) is 0.333. The summed E-state index contributed by atoms with van der Waals surface area (Å²) in [5.41, 5.74) is 9.88. The lowest BCUT2D eigenvalue weighted by molar-refractivity contribution is 0.0250. The van der Waals surface area contributed by atoms with Gasteiger partial charge >= 0.3 is 0 Å². The molecule has 0 radical (unpaired) electrons. The molecule has 8 nitrogen and oxygen atoms in total. The second-order valence-corrected chi connectivity index (χ2v) is 9.28. The van der Waals surface area contributed by atoms with Gasteiger partial charge < -0.3 is 30.3 Å². The van der Waals surface area contributed by atoms with Crippen LogP contribution in [0.25, 0.3) is 0 Å². The zero-order valence-electron chi connectivity index (χ0n) is 20.1. The fourth-order valence-electron chi connectivity index (χ4n) is 4.50. The third kappa shape index (κ3) is 6.07. The van der Waals surface area contributed by atoms with Crippen LogP contribution < -0.4 is 20.9 Å². The van der Waals surface area contributed by atoms with Crippen molar-refractivity contribution in [3.8, 4) is 0 Å². The predicted molar refractivity (Wildman–Crippen MR) is 144 cm³/mol. The second-order valence-electron chi connectivity index (χ2n) is 8.85. The van der Waals surface area contributed by atoms with Crippen molar-refractivity contribution in [1.82, 2.24) is 10.3 Å². The van der Waals surface area contributed by atoms with E-state index in [0.29, 0.717) is 24.8 Å². The summed E-state index contributed by atoms with van der Waals surface area (Å²) in [7, 11) is 0. The Hall–Kier alpha value is -3.33. The summed E-state index contributed by atoms with van der Waals surface area (Å²) in [5, 5.41) is 4.07. The van der Waals surface area contributed by atoms with Crippen LogP contribution in [0.1, 0.15) is 11.8 Å². The van der Waals surface area contributed by atoms with Gasteiger partial charge in [0.25, 0.3) is 6.02 Å². The minimum Gasteiger partial charge on any atom is -0.463 e. The molecule has 2 unspecified atom stereocenters. The zero-order chi connectivity index (χ0) is 24.7. The lowest BCUT2D eigenvalue weighted by Gasteiger charge is -2.31. The molecule has 1 saturated heterocycles. The van der Waals surface area contributed by atoms with Gasteiger partial charge in [0, 0.05) is 49.1 Å². The first kappa shape index (κ1) is 24.4. The van der Waals surface area contributed by atoms with E-state index < -0.39 is 0 Å².